The van der Waals surface area contributed by atoms with E-state index >= 15 is 0 Å². The second kappa shape index (κ2) is 5.36. The summed E-state index contributed by atoms with van der Waals surface area (Å²) in [6.07, 6.45) is 8.33. The molecule has 2 rings (SSSR count). The van der Waals surface area contributed by atoms with Gasteiger partial charge in [0.1, 0.15) is 5.02 Å². The summed E-state index contributed by atoms with van der Waals surface area (Å²) in [4.78, 5) is 4.11. The van der Waals surface area contributed by atoms with Crippen LogP contribution >= 0.6 is 11.6 Å². The van der Waals surface area contributed by atoms with Crippen LogP contribution in [0.2, 0.25) is 5.02 Å². The molecule has 0 atom stereocenters. The van der Waals surface area contributed by atoms with Gasteiger partial charge in [-0.1, -0.05) is 30.9 Å². The van der Waals surface area contributed by atoms with E-state index in [2.05, 4.69) is 4.98 Å². The van der Waals surface area contributed by atoms with Crippen LogP contribution in [0.15, 0.2) is 18.3 Å². The van der Waals surface area contributed by atoms with Gasteiger partial charge in [0.25, 0.3) is 0 Å². The van der Waals surface area contributed by atoms with E-state index in [1.165, 1.54) is 32.1 Å². The number of hydrogen-bond acceptors (Lipinski definition) is 2. The van der Waals surface area contributed by atoms with E-state index in [9.17, 15) is 0 Å². The number of pyridine rings is 1. The van der Waals surface area contributed by atoms with Crippen LogP contribution in [-0.2, 0) is 0 Å². The molecule has 1 aromatic rings. The van der Waals surface area contributed by atoms with Crippen LogP contribution in [0.3, 0.4) is 0 Å². The van der Waals surface area contributed by atoms with Gasteiger partial charge in [-0.15, -0.1) is 0 Å². The fourth-order valence-electron chi connectivity index (χ4n) is 2.03. The zero-order chi connectivity index (χ0) is 10.5. The van der Waals surface area contributed by atoms with Crippen molar-refractivity contribution in [1.29, 1.82) is 0 Å². The summed E-state index contributed by atoms with van der Waals surface area (Å²) >= 11 is 5.95. The van der Waals surface area contributed by atoms with Crippen molar-refractivity contribution in [3.05, 3.63) is 23.4 Å². The van der Waals surface area contributed by atoms with Crippen molar-refractivity contribution in [3.8, 4) is 5.88 Å². The van der Waals surface area contributed by atoms with Crippen LogP contribution < -0.4 is 4.74 Å². The van der Waals surface area contributed by atoms with Crippen LogP contribution in [0.4, 0.5) is 0 Å². The third-order valence-corrected chi connectivity index (χ3v) is 3.19. The molecule has 1 heterocycles. The molecule has 3 heteroatoms. The Hall–Kier alpha value is -0.760. The Bertz CT molecular complexity index is 310. The van der Waals surface area contributed by atoms with Crippen LogP contribution in [0.25, 0.3) is 0 Å². The summed E-state index contributed by atoms with van der Waals surface area (Å²) in [7, 11) is 0. The van der Waals surface area contributed by atoms with Crippen LogP contribution in [0.1, 0.15) is 32.1 Å². The molecule has 0 aromatic carbocycles. The molecule has 1 saturated carbocycles. The van der Waals surface area contributed by atoms with Gasteiger partial charge in [0.05, 0.1) is 6.61 Å². The largest absolute Gasteiger partial charge is 0.476 e. The van der Waals surface area contributed by atoms with Crippen molar-refractivity contribution < 1.29 is 4.74 Å². The summed E-state index contributed by atoms with van der Waals surface area (Å²) in [6.45, 7) is 0.761. The maximum absolute atomic E-state index is 5.95. The van der Waals surface area contributed by atoms with E-state index in [0.29, 0.717) is 16.8 Å². The number of aromatic nitrogens is 1. The molecule has 0 aliphatic heterocycles. The number of ether oxygens (including phenoxy) is 1. The minimum atomic E-state index is 0.574. The number of nitrogens with zero attached hydrogens (tertiary/aromatic N) is 1. The second-order valence-electron chi connectivity index (χ2n) is 4.11. The molecule has 0 N–H and O–H groups in total. The molecule has 15 heavy (non-hydrogen) atoms. The summed E-state index contributed by atoms with van der Waals surface area (Å²) in [5.74, 6) is 1.27. The Morgan fingerprint density at radius 1 is 1.33 bits per heavy atom. The zero-order valence-electron chi connectivity index (χ0n) is 8.79. The van der Waals surface area contributed by atoms with Crippen LogP contribution in [0.5, 0.6) is 5.88 Å². The zero-order valence-corrected chi connectivity index (χ0v) is 9.54. The normalized spacial score (nSPS) is 17.7. The molecule has 0 radical (unpaired) electrons. The first-order valence-electron chi connectivity index (χ1n) is 5.59. The average molecular weight is 226 g/mol. The SMILES string of the molecule is Clc1cccnc1OCC1CCCCC1. The van der Waals surface area contributed by atoms with Gasteiger partial charge in [0.15, 0.2) is 0 Å². The maximum atomic E-state index is 5.95. The molecule has 0 unspecified atom stereocenters. The first kappa shape index (κ1) is 10.7. The highest BCUT2D eigenvalue weighted by molar-refractivity contribution is 6.31. The molecule has 2 nitrogen and oxygen atoms in total. The average Bonchev–Trinajstić information content (AvgIpc) is 2.29. The molecule has 0 saturated heterocycles. The predicted molar refractivity (Wildman–Crippen MR) is 61.3 cm³/mol. The Balaban J connectivity index is 1.84. The quantitative estimate of drug-likeness (QED) is 0.783. The van der Waals surface area contributed by atoms with Crippen molar-refractivity contribution in [2.24, 2.45) is 5.92 Å². The highest BCUT2D eigenvalue weighted by Gasteiger charge is 2.14. The topological polar surface area (TPSA) is 22.1 Å². The van der Waals surface area contributed by atoms with Gasteiger partial charge < -0.3 is 4.74 Å². The Labute approximate surface area is 95.6 Å². The van der Waals surface area contributed by atoms with Crippen LogP contribution in [0, 0.1) is 5.92 Å². The fourth-order valence-corrected chi connectivity index (χ4v) is 2.20. The maximum Gasteiger partial charge on any atom is 0.232 e. The number of rotatable bonds is 3. The molecular weight excluding hydrogens is 210 g/mol. The fraction of sp³-hybridized carbons (Fsp3) is 0.583. The molecule has 1 aromatic heterocycles. The highest BCUT2D eigenvalue weighted by Crippen LogP contribution is 2.26. The summed E-state index contributed by atoms with van der Waals surface area (Å²) in [5, 5.41) is 0.605. The van der Waals surface area contributed by atoms with E-state index in [4.69, 9.17) is 16.3 Å². The Morgan fingerprint density at radius 3 is 2.87 bits per heavy atom. The molecule has 82 valence electrons. The second-order valence-corrected chi connectivity index (χ2v) is 4.51. The number of hydrogen-bond donors (Lipinski definition) is 0. The third kappa shape index (κ3) is 3.10. The van der Waals surface area contributed by atoms with Gasteiger partial charge in [-0.25, -0.2) is 4.98 Å². The lowest BCUT2D eigenvalue weighted by atomic mass is 9.90. The van der Waals surface area contributed by atoms with Crippen LogP contribution in [-0.4, -0.2) is 11.6 Å². The molecule has 0 amide bonds. The number of halogens is 1. The van der Waals surface area contributed by atoms with Crippen molar-refractivity contribution >= 4 is 11.6 Å². The first-order chi connectivity index (χ1) is 7.36. The molecule has 1 fully saturated rings. The van der Waals surface area contributed by atoms with E-state index in [1.54, 1.807) is 6.20 Å². The Kier molecular flexibility index (Phi) is 3.84. The van der Waals surface area contributed by atoms with Crippen molar-refractivity contribution in [2.45, 2.75) is 32.1 Å². The lowest BCUT2D eigenvalue weighted by Crippen LogP contribution is -2.15. The van der Waals surface area contributed by atoms with Gasteiger partial charge in [-0.3, -0.25) is 0 Å². The lowest BCUT2D eigenvalue weighted by molar-refractivity contribution is 0.203. The van der Waals surface area contributed by atoms with Crippen molar-refractivity contribution in [3.63, 3.8) is 0 Å². The molecule has 1 aliphatic rings. The van der Waals surface area contributed by atoms with E-state index < -0.39 is 0 Å². The third-order valence-electron chi connectivity index (χ3n) is 2.91. The van der Waals surface area contributed by atoms with Gasteiger partial charge in [0.2, 0.25) is 5.88 Å². The smallest absolute Gasteiger partial charge is 0.232 e. The Morgan fingerprint density at radius 2 is 2.13 bits per heavy atom. The minimum absolute atomic E-state index is 0.574. The van der Waals surface area contributed by atoms with Crippen molar-refractivity contribution in [2.75, 3.05) is 6.61 Å². The molecular formula is C12H16ClNO. The van der Waals surface area contributed by atoms with E-state index in [1.807, 2.05) is 12.1 Å². The van der Waals surface area contributed by atoms with Gasteiger partial charge in [-0.2, -0.15) is 0 Å². The lowest BCUT2D eigenvalue weighted by Gasteiger charge is -2.21. The van der Waals surface area contributed by atoms with E-state index in [-0.39, 0.29) is 0 Å². The van der Waals surface area contributed by atoms with E-state index in [0.717, 1.165) is 6.61 Å². The van der Waals surface area contributed by atoms with Crippen molar-refractivity contribution in [1.82, 2.24) is 4.98 Å². The van der Waals surface area contributed by atoms with Gasteiger partial charge >= 0.3 is 0 Å². The molecule has 1 aliphatic carbocycles. The summed E-state index contributed by atoms with van der Waals surface area (Å²) < 4.78 is 5.63. The molecule has 0 spiro atoms. The standard InChI is InChI=1S/C12H16ClNO/c13-11-7-4-8-14-12(11)15-9-10-5-2-1-3-6-10/h4,7-8,10H,1-3,5-6,9H2. The monoisotopic (exact) mass is 225 g/mol. The summed E-state index contributed by atoms with van der Waals surface area (Å²) in [5.41, 5.74) is 0. The van der Waals surface area contributed by atoms with Gasteiger partial charge in [-0.05, 0) is 30.9 Å². The highest BCUT2D eigenvalue weighted by atomic mass is 35.5. The minimum Gasteiger partial charge on any atom is -0.476 e. The predicted octanol–water partition coefficient (Wildman–Crippen LogP) is 3.69. The van der Waals surface area contributed by atoms with Gasteiger partial charge in [0, 0.05) is 6.20 Å². The summed E-state index contributed by atoms with van der Waals surface area (Å²) in [6, 6.07) is 3.63. The first-order valence-corrected chi connectivity index (χ1v) is 5.97. The molecule has 0 bridgehead atoms.